The molecule has 0 spiro atoms. The molecule has 0 saturated heterocycles. The number of carbonyl (C=O) groups excluding carboxylic acids is 1. The molecule has 3 N–H and O–H groups in total. The Labute approximate surface area is 153 Å². The van der Waals surface area contributed by atoms with Crippen LogP contribution in [-0.2, 0) is 0 Å². The van der Waals surface area contributed by atoms with Gasteiger partial charge in [0, 0.05) is 17.3 Å². The zero-order valence-electron chi connectivity index (χ0n) is 13.3. The summed E-state index contributed by atoms with van der Waals surface area (Å²) in [4.78, 5) is 17.3. The first-order valence-corrected chi connectivity index (χ1v) is 8.52. The number of hydrogen-bond donors (Lipinski definition) is 2. The van der Waals surface area contributed by atoms with Crippen LogP contribution in [0.3, 0.4) is 0 Å². The van der Waals surface area contributed by atoms with E-state index < -0.39 is 0 Å². The van der Waals surface area contributed by atoms with Crippen LogP contribution >= 0.6 is 23.2 Å². The molecule has 0 radical (unpaired) electrons. The Morgan fingerprint density at radius 1 is 1.28 bits per heavy atom. The molecule has 0 atom stereocenters. The van der Waals surface area contributed by atoms with Gasteiger partial charge in [-0.3, -0.25) is 4.79 Å². The number of fused-ring (bicyclic) bond motifs is 1. The average molecular weight is 377 g/mol. The van der Waals surface area contributed by atoms with Crippen molar-refractivity contribution in [3.63, 3.8) is 0 Å². The minimum Gasteiger partial charge on any atom is -0.396 e. The van der Waals surface area contributed by atoms with Gasteiger partial charge in [0.25, 0.3) is 11.6 Å². The predicted molar refractivity (Wildman–Crippen MR) is 97.3 cm³/mol. The Balaban J connectivity index is 1.75. The molecule has 2 aromatic heterocycles. The van der Waals surface area contributed by atoms with Crippen LogP contribution in [0, 0.1) is 6.92 Å². The van der Waals surface area contributed by atoms with Crippen LogP contribution in [0.5, 0.6) is 0 Å². The number of amides is 1. The van der Waals surface area contributed by atoms with E-state index in [2.05, 4.69) is 15.5 Å². The quantitative estimate of drug-likeness (QED) is 0.653. The number of benzene rings is 1. The monoisotopic (exact) mass is 376 g/mol. The highest BCUT2D eigenvalue weighted by Crippen LogP contribution is 2.40. The maximum Gasteiger partial charge on any atom is 0.259 e. The largest absolute Gasteiger partial charge is 0.396 e. The lowest BCUT2D eigenvalue weighted by Gasteiger charge is -2.10. The summed E-state index contributed by atoms with van der Waals surface area (Å²) in [5.41, 5.74) is 8.77. The summed E-state index contributed by atoms with van der Waals surface area (Å²) in [6, 6.07) is 4.92. The van der Waals surface area contributed by atoms with E-state index in [-0.39, 0.29) is 21.6 Å². The number of rotatable bonds is 3. The molecule has 0 bridgehead atoms. The first-order valence-electron chi connectivity index (χ1n) is 7.77. The maximum absolute atomic E-state index is 12.9. The fraction of sp³-hybridized carbons (Fsp3) is 0.235. The van der Waals surface area contributed by atoms with Gasteiger partial charge in [0.05, 0.1) is 32.4 Å². The van der Waals surface area contributed by atoms with Crippen LogP contribution < -0.4 is 11.1 Å². The minimum absolute atomic E-state index is 0.276. The van der Waals surface area contributed by atoms with E-state index >= 15 is 0 Å². The second kappa shape index (κ2) is 5.89. The molecule has 6 nitrogen and oxygen atoms in total. The van der Waals surface area contributed by atoms with Crippen LogP contribution in [-0.4, -0.2) is 16.0 Å². The number of hydrogen-bond acceptors (Lipinski definition) is 5. The van der Waals surface area contributed by atoms with Crippen LogP contribution in [0.4, 0.5) is 11.4 Å². The van der Waals surface area contributed by atoms with Crippen molar-refractivity contribution in [2.45, 2.75) is 25.7 Å². The van der Waals surface area contributed by atoms with Crippen molar-refractivity contribution >= 4 is 51.6 Å². The number of nitrogens with zero attached hydrogens (tertiary/aromatic N) is 2. The van der Waals surface area contributed by atoms with Gasteiger partial charge in [-0.15, -0.1) is 0 Å². The molecule has 8 heteroatoms. The smallest absolute Gasteiger partial charge is 0.259 e. The number of nitrogen functional groups attached to an aromatic ring is 1. The molecule has 0 unspecified atom stereocenters. The first-order chi connectivity index (χ1) is 11.9. The fourth-order valence-electron chi connectivity index (χ4n) is 2.74. The molecule has 25 heavy (non-hydrogen) atoms. The molecule has 1 saturated carbocycles. The van der Waals surface area contributed by atoms with Crippen LogP contribution in [0.15, 0.2) is 22.7 Å². The van der Waals surface area contributed by atoms with Gasteiger partial charge in [0.2, 0.25) is 0 Å². The Bertz CT molecular complexity index is 988. The summed E-state index contributed by atoms with van der Waals surface area (Å²) in [6.07, 6.45) is 2.13. The second-order valence-electron chi connectivity index (χ2n) is 6.12. The second-order valence-corrected chi connectivity index (χ2v) is 6.94. The van der Waals surface area contributed by atoms with Crippen molar-refractivity contribution in [3.8, 4) is 0 Å². The lowest BCUT2D eigenvalue weighted by atomic mass is 10.1. The Hall–Kier alpha value is -2.31. The molecule has 1 fully saturated rings. The van der Waals surface area contributed by atoms with E-state index in [9.17, 15) is 4.79 Å². The number of pyridine rings is 1. The lowest BCUT2D eigenvalue weighted by molar-refractivity contribution is 0.102. The van der Waals surface area contributed by atoms with Crippen molar-refractivity contribution in [2.24, 2.45) is 0 Å². The van der Waals surface area contributed by atoms with Crippen molar-refractivity contribution in [1.29, 1.82) is 0 Å². The summed E-state index contributed by atoms with van der Waals surface area (Å²) in [6.45, 7) is 1.78. The summed E-state index contributed by atoms with van der Waals surface area (Å²) >= 11 is 12.1. The van der Waals surface area contributed by atoms with Gasteiger partial charge in [-0.1, -0.05) is 28.4 Å². The number of anilines is 2. The van der Waals surface area contributed by atoms with Gasteiger partial charge in [-0.05, 0) is 38.0 Å². The van der Waals surface area contributed by atoms with E-state index in [1.807, 2.05) is 0 Å². The third-order valence-electron chi connectivity index (χ3n) is 4.21. The predicted octanol–water partition coefficient (Wildman–Crippen LogP) is 4.55. The molecular formula is C17H14Cl2N4O2. The Morgan fingerprint density at radius 3 is 2.60 bits per heavy atom. The summed E-state index contributed by atoms with van der Waals surface area (Å²) in [5, 5.41) is 7.90. The van der Waals surface area contributed by atoms with Crippen LogP contribution in [0.1, 0.15) is 40.5 Å². The normalized spacial score (nSPS) is 14.0. The number of aromatic nitrogens is 2. The molecule has 0 aliphatic heterocycles. The Kier molecular flexibility index (Phi) is 3.81. The third-order valence-corrected chi connectivity index (χ3v) is 4.84. The molecule has 3 aromatic rings. The lowest BCUT2D eigenvalue weighted by Crippen LogP contribution is -2.13. The molecule has 1 aliphatic rings. The van der Waals surface area contributed by atoms with Crippen molar-refractivity contribution in [1.82, 2.24) is 10.1 Å². The van der Waals surface area contributed by atoms with Crippen molar-refractivity contribution in [2.75, 3.05) is 11.1 Å². The van der Waals surface area contributed by atoms with Gasteiger partial charge >= 0.3 is 0 Å². The summed E-state index contributed by atoms with van der Waals surface area (Å²) in [5.74, 6) is 0.0688. The van der Waals surface area contributed by atoms with Crippen molar-refractivity contribution in [3.05, 3.63) is 45.2 Å². The standard InChI is InChI=1S/C17H14Cl2N4O2/c1-7-14-10(6-13(8-2-3-8)22-17(14)25-23-7)16(24)21-9-4-11(18)15(20)12(19)5-9/h4-6,8H,2-3,20H2,1H3,(H,21,24). The van der Waals surface area contributed by atoms with Gasteiger partial charge in [0.1, 0.15) is 0 Å². The zero-order chi connectivity index (χ0) is 17.7. The fourth-order valence-corrected chi connectivity index (χ4v) is 3.22. The van der Waals surface area contributed by atoms with Crippen molar-refractivity contribution < 1.29 is 9.32 Å². The summed E-state index contributed by atoms with van der Waals surface area (Å²) in [7, 11) is 0. The van der Waals surface area contributed by atoms with E-state index in [1.54, 1.807) is 25.1 Å². The van der Waals surface area contributed by atoms with E-state index in [4.69, 9.17) is 33.5 Å². The Morgan fingerprint density at radius 2 is 1.96 bits per heavy atom. The third kappa shape index (κ3) is 2.92. The molecule has 2 heterocycles. The molecule has 1 aliphatic carbocycles. The van der Waals surface area contributed by atoms with Gasteiger partial charge in [0.15, 0.2) is 0 Å². The van der Waals surface area contributed by atoms with Crippen LogP contribution in [0.25, 0.3) is 11.1 Å². The van der Waals surface area contributed by atoms with Gasteiger partial charge in [-0.2, -0.15) is 0 Å². The minimum atomic E-state index is -0.308. The number of nitrogens with one attached hydrogen (secondary N) is 1. The van der Waals surface area contributed by atoms with E-state index in [1.165, 1.54) is 0 Å². The highest BCUT2D eigenvalue weighted by atomic mass is 35.5. The van der Waals surface area contributed by atoms with Gasteiger partial charge in [-0.25, -0.2) is 4.98 Å². The number of carbonyl (C=O) groups is 1. The first kappa shape index (κ1) is 16.2. The highest BCUT2D eigenvalue weighted by molar-refractivity contribution is 6.39. The molecule has 1 aromatic carbocycles. The van der Waals surface area contributed by atoms with Crippen LogP contribution in [0.2, 0.25) is 10.0 Å². The molecule has 1 amide bonds. The number of halogens is 2. The number of aryl methyl sites for hydroxylation is 1. The summed E-state index contributed by atoms with van der Waals surface area (Å²) < 4.78 is 5.26. The highest BCUT2D eigenvalue weighted by Gasteiger charge is 2.28. The zero-order valence-corrected chi connectivity index (χ0v) is 14.8. The van der Waals surface area contributed by atoms with E-state index in [0.717, 1.165) is 18.5 Å². The van der Waals surface area contributed by atoms with Gasteiger partial charge < -0.3 is 15.6 Å². The average Bonchev–Trinajstić information content (AvgIpc) is 3.36. The molecule has 128 valence electrons. The molecular weight excluding hydrogens is 363 g/mol. The van der Waals surface area contributed by atoms with E-state index in [0.29, 0.717) is 34.0 Å². The molecule has 4 rings (SSSR count). The maximum atomic E-state index is 12.9. The SMILES string of the molecule is Cc1noc2nc(C3CC3)cc(C(=O)Nc3cc(Cl)c(N)c(Cl)c3)c12. The topological polar surface area (TPSA) is 94.0 Å². The number of nitrogens with two attached hydrogens (primary N) is 1.